The highest BCUT2D eigenvalue weighted by atomic mass is 32.1. The molecule has 1 aliphatic heterocycles. The average Bonchev–Trinajstić information content (AvgIpc) is 3.19. The van der Waals surface area contributed by atoms with Gasteiger partial charge in [0.25, 0.3) is 5.56 Å². The van der Waals surface area contributed by atoms with Gasteiger partial charge in [0.15, 0.2) is 0 Å². The maximum absolute atomic E-state index is 12.7. The first kappa shape index (κ1) is 19.5. The summed E-state index contributed by atoms with van der Waals surface area (Å²) < 4.78 is 1.36. The van der Waals surface area contributed by atoms with E-state index in [-0.39, 0.29) is 11.5 Å². The van der Waals surface area contributed by atoms with Crippen molar-refractivity contribution in [1.29, 1.82) is 0 Å². The quantitative estimate of drug-likeness (QED) is 0.667. The Hall–Kier alpha value is -2.78. The van der Waals surface area contributed by atoms with E-state index >= 15 is 0 Å². The Balaban J connectivity index is 1.76. The number of hydrogen-bond acceptors (Lipinski definition) is 7. The minimum absolute atomic E-state index is 0.0281. The molecule has 0 spiro atoms. The lowest BCUT2D eigenvalue weighted by Crippen LogP contribution is -2.44. The molecule has 0 bridgehead atoms. The van der Waals surface area contributed by atoms with Gasteiger partial charge in [-0.2, -0.15) is 9.61 Å². The molecule has 0 radical (unpaired) electrons. The van der Waals surface area contributed by atoms with Gasteiger partial charge in [0.1, 0.15) is 10.8 Å². The molecule has 152 valence electrons. The summed E-state index contributed by atoms with van der Waals surface area (Å²) in [6.45, 7) is 7.28. The summed E-state index contributed by atoms with van der Waals surface area (Å²) in [4.78, 5) is 31.9. The molecule has 1 amide bonds. The maximum Gasteiger partial charge on any atom is 0.277 e. The summed E-state index contributed by atoms with van der Waals surface area (Å²) in [5.41, 5.74) is 2.53. The van der Waals surface area contributed by atoms with E-state index in [4.69, 9.17) is 4.98 Å². The van der Waals surface area contributed by atoms with Crippen molar-refractivity contribution in [2.24, 2.45) is 0 Å². The summed E-state index contributed by atoms with van der Waals surface area (Å²) in [5, 5.41) is 11.5. The first-order chi connectivity index (χ1) is 14.1. The summed E-state index contributed by atoms with van der Waals surface area (Å²) in [7, 11) is 0. The second-order valence-corrected chi connectivity index (χ2v) is 7.83. The minimum Gasteiger partial charge on any atom is -0.354 e. The molecule has 1 aromatic carbocycles. The lowest BCUT2D eigenvalue weighted by molar-refractivity contribution is -0.115. The third-order valence-corrected chi connectivity index (χ3v) is 5.97. The van der Waals surface area contributed by atoms with Crippen molar-refractivity contribution < 1.29 is 4.79 Å². The Kier molecular flexibility index (Phi) is 5.59. The molecular formula is C20H24N6O2S. The Morgan fingerprint density at radius 1 is 1.28 bits per heavy atom. The Morgan fingerprint density at radius 3 is 2.79 bits per heavy atom. The molecule has 0 saturated carbocycles. The number of anilines is 2. The number of piperazine rings is 1. The number of carbonyl (C=O) groups excluding carboxylic acids is 1. The van der Waals surface area contributed by atoms with E-state index in [0.717, 1.165) is 54.4 Å². The van der Waals surface area contributed by atoms with Gasteiger partial charge in [-0.1, -0.05) is 37.3 Å². The molecule has 2 aromatic heterocycles. The highest BCUT2D eigenvalue weighted by Crippen LogP contribution is 2.32. The maximum atomic E-state index is 12.7. The van der Waals surface area contributed by atoms with Gasteiger partial charge >= 0.3 is 0 Å². The van der Waals surface area contributed by atoms with Crippen LogP contribution in [0.4, 0.5) is 11.5 Å². The van der Waals surface area contributed by atoms with Crippen molar-refractivity contribution in [3.63, 3.8) is 0 Å². The normalized spacial score (nSPS) is 14.3. The highest BCUT2D eigenvalue weighted by molar-refractivity contribution is 7.19. The van der Waals surface area contributed by atoms with Crippen LogP contribution in [0.15, 0.2) is 29.1 Å². The third kappa shape index (κ3) is 3.88. The van der Waals surface area contributed by atoms with Gasteiger partial charge in [-0.15, -0.1) is 0 Å². The molecule has 1 fully saturated rings. The fraction of sp³-hybridized carbons (Fsp3) is 0.400. The number of rotatable bonds is 5. The lowest BCUT2D eigenvalue weighted by atomic mass is 10.0. The number of amides is 1. The van der Waals surface area contributed by atoms with E-state index in [9.17, 15) is 9.59 Å². The molecule has 3 heterocycles. The van der Waals surface area contributed by atoms with Crippen molar-refractivity contribution in [3.05, 3.63) is 40.2 Å². The molecule has 1 aliphatic rings. The molecule has 0 atom stereocenters. The summed E-state index contributed by atoms with van der Waals surface area (Å²) in [6.07, 6.45) is 1.16. The van der Waals surface area contributed by atoms with Crippen molar-refractivity contribution >= 4 is 33.7 Å². The van der Waals surface area contributed by atoms with Crippen molar-refractivity contribution in [2.45, 2.75) is 26.7 Å². The van der Waals surface area contributed by atoms with Crippen molar-refractivity contribution in [1.82, 2.24) is 19.9 Å². The summed E-state index contributed by atoms with van der Waals surface area (Å²) in [5.74, 6) is 0.672. The van der Waals surface area contributed by atoms with Crippen LogP contribution >= 0.6 is 11.3 Å². The summed E-state index contributed by atoms with van der Waals surface area (Å²) >= 11 is 1.39. The zero-order chi connectivity index (χ0) is 20.4. The minimum atomic E-state index is -0.181. The van der Waals surface area contributed by atoms with Crippen LogP contribution in [0.25, 0.3) is 15.5 Å². The number of hydrogen-bond donors (Lipinski definition) is 2. The largest absolute Gasteiger partial charge is 0.354 e. The molecule has 0 aliphatic carbocycles. The van der Waals surface area contributed by atoms with Crippen LogP contribution in [0.5, 0.6) is 0 Å². The van der Waals surface area contributed by atoms with Crippen molar-refractivity contribution in [2.75, 3.05) is 36.4 Å². The second-order valence-electron chi connectivity index (χ2n) is 6.88. The number of aromatic nitrogens is 3. The van der Waals surface area contributed by atoms with Crippen LogP contribution in [0.1, 0.15) is 25.8 Å². The molecule has 29 heavy (non-hydrogen) atoms. The first-order valence-corrected chi connectivity index (χ1v) is 10.7. The highest BCUT2D eigenvalue weighted by Gasteiger charge is 2.18. The molecule has 2 N–H and O–H groups in total. The lowest BCUT2D eigenvalue weighted by Gasteiger charge is -2.27. The van der Waals surface area contributed by atoms with E-state index in [0.29, 0.717) is 17.2 Å². The van der Waals surface area contributed by atoms with E-state index in [1.54, 1.807) is 6.07 Å². The van der Waals surface area contributed by atoms with Gasteiger partial charge in [0.2, 0.25) is 10.9 Å². The third-order valence-electron chi connectivity index (χ3n) is 5.03. The van der Waals surface area contributed by atoms with E-state index < -0.39 is 0 Å². The average molecular weight is 413 g/mol. The number of carbonyl (C=O) groups is 1. The van der Waals surface area contributed by atoms with Gasteiger partial charge in [-0.3, -0.25) is 9.59 Å². The van der Waals surface area contributed by atoms with Gasteiger partial charge in [-0.25, -0.2) is 4.98 Å². The first-order valence-electron chi connectivity index (χ1n) is 9.89. The standard InChI is InChI=1S/C20H24N6O2S/c1-3-13-14(6-5-7-15(13)22-17(27)4-2)19-24-26-18(28)12-16(23-20(26)29-19)25-10-8-21-9-11-25/h5-7,12,21H,3-4,8-11H2,1-2H3,(H,22,27). The molecule has 9 heteroatoms. The Bertz CT molecular complexity index is 1100. The van der Waals surface area contributed by atoms with Gasteiger partial charge in [-0.05, 0) is 18.1 Å². The van der Waals surface area contributed by atoms with Crippen LogP contribution in [0, 0.1) is 0 Å². The van der Waals surface area contributed by atoms with Crippen LogP contribution in [0.2, 0.25) is 0 Å². The van der Waals surface area contributed by atoms with Crippen LogP contribution in [-0.2, 0) is 11.2 Å². The van der Waals surface area contributed by atoms with Crippen molar-refractivity contribution in [3.8, 4) is 10.6 Å². The molecular weight excluding hydrogens is 388 g/mol. The zero-order valence-corrected chi connectivity index (χ0v) is 17.4. The number of fused-ring (bicyclic) bond motifs is 1. The van der Waals surface area contributed by atoms with Gasteiger partial charge < -0.3 is 15.5 Å². The molecule has 0 unspecified atom stereocenters. The fourth-order valence-corrected chi connectivity index (χ4v) is 4.44. The molecule has 3 aromatic rings. The predicted octanol–water partition coefficient (Wildman–Crippen LogP) is 2.14. The topological polar surface area (TPSA) is 91.6 Å². The van der Waals surface area contributed by atoms with Gasteiger partial charge in [0.05, 0.1) is 0 Å². The monoisotopic (exact) mass is 412 g/mol. The van der Waals surface area contributed by atoms with Crippen LogP contribution in [-0.4, -0.2) is 46.7 Å². The number of nitrogens with one attached hydrogen (secondary N) is 2. The zero-order valence-electron chi connectivity index (χ0n) is 16.6. The Labute approximate surface area is 172 Å². The SMILES string of the molecule is CCC(=O)Nc1cccc(-c2nn3c(=O)cc(N4CCNCC4)nc3s2)c1CC. The van der Waals surface area contributed by atoms with E-state index in [2.05, 4.69) is 20.6 Å². The molecule has 1 saturated heterocycles. The molecule has 4 rings (SSSR count). The second kappa shape index (κ2) is 8.30. The Morgan fingerprint density at radius 2 is 2.07 bits per heavy atom. The van der Waals surface area contributed by atoms with E-state index in [1.165, 1.54) is 15.9 Å². The number of benzene rings is 1. The molecule has 8 nitrogen and oxygen atoms in total. The predicted molar refractivity (Wildman–Crippen MR) is 116 cm³/mol. The van der Waals surface area contributed by atoms with Gasteiger partial charge in [0, 0.05) is 49.9 Å². The van der Waals surface area contributed by atoms with Crippen LogP contribution < -0.4 is 21.1 Å². The number of nitrogens with zero attached hydrogens (tertiary/aromatic N) is 4. The van der Waals surface area contributed by atoms with Crippen LogP contribution in [0.3, 0.4) is 0 Å². The fourth-order valence-electron chi connectivity index (χ4n) is 3.49. The summed E-state index contributed by atoms with van der Waals surface area (Å²) in [6, 6.07) is 7.32. The smallest absolute Gasteiger partial charge is 0.277 e. The van der Waals surface area contributed by atoms with E-state index in [1.807, 2.05) is 32.0 Å².